The third kappa shape index (κ3) is 3.04. The number of benzene rings is 1. The molecule has 102 valence electrons. The van der Waals surface area contributed by atoms with Crippen molar-refractivity contribution in [3.63, 3.8) is 0 Å². The number of hydrogen-bond donors (Lipinski definition) is 0. The molecule has 0 saturated carbocycles. The average Bonchev–Trinajstić information content (AvgIpc) is 2.26. The van der Waals surface area contributed by atoms with Crippen molar-refractivity contribution >= 4 is 5.78 Å². The summed E-state index contributed by atoms with van der Waals surface area (Å²) in [6, 6.07) is 6.22. The minimum absolute atomic E-state index is 0.0574. The molecule has 2 heteroatoms. The molecule has 1 aromatic carbocycles. The van der Waals surface area contributed by atoms with E-state index in [1.54, 1.807) is 13.8 Å². The lowest BCUT2D eigenvalue weighted by atomic mass is 9.79. The number of aryl methyl sites for hydroxylation is 2. The Morgan fingerprint density at radius 1 is 1.05 bits per heavy atom. The fraction of sp³-hybridized carbons (Fsp3) is 0.529. The Kier molecular flexibility index (Phi) is 3.91. The lowest BCUT2D eigenvalue weighted by Gasteiger charge is -2.23. The van der Waals surface area contributed by atoms with Gasteiger partial charge in [-0.2, -0.15) is 5.26 Å². The number of rotatable bonds is 2. The minimum atomic E-state index is -0.973. The van der Waals surface area contributed by atoms with Crippen molar-refractivity contribution in [1.82, 2.24) is 0 Å². The van der Waals surface area contributed by atoms with Crippen LogP contribution in [-0.2, 0) is 5.41 Å². The molecule has 2 nitrogen and oxygen atoms in total. The Morgan fingerprint density at radius 2 is 1.47 bits per heavy atom. The molecule has 0 aliphatic rings. The van der Waals surface area contributed by atoms with Crippen molar-refractivity contribution < 1.29 is 4.79 Å². The molecule has 0 bridgehead atoms. The Labute approximate surface area is 116 Å². The van der Waals surface area contributed by atoms with Crippen LogP contribution in [0.15, 0.2) is 12.1 Å². The molecule has 19 heavy (non-hydrogen) atoms. The summed E-state index contributed by atoms with van der Waals surface area (Å²) < 4.78 is 0. The maximum absolute atomic E-state index is 12.5. The van der Waals surface area contributed by atoms with E-state index in [0.717, 1.165) is 11.1 Å². The first-order chi connectivity index (χ1) is 8.50. The molecule has 0 saturated heterocycles. The minimum Gasteiger partial charge on any atom is -0.292 e. The van der Waals surface area contributed by atoms with Crippen LogP contribution in [0, 0.1) is 30.6 Å². The van der Waals surface area contributed by atoms with Crippen molar-refractivity contribution in [2.75, 3.05) is 0 Å². The van der Waals surface area contributed by atoms with E-state index in [1.165, 1.54) is 5.56 Å². The van der Waals surface area contributed by atoms with Gasteiger partial charge >= 0.3 is 0 Å². The third-order valence-electron chi connectivity index (χ3n) is 3.47. The zero-order valence-electron chi connectivity index (χ0n) is 13.0. The second-order valence-corrected chi connectivity index (χ2v) is 6.80. The monoisotopic (exact) mass is 257 g/mol. The van der Waals surface area contributed by atoms with Crippen molar-refractivity contribution in [2.24, 2.45) is 5.41 Å². The lowest BCUT2D eigenvalue weighted by Crippen LogP contribution is -2.24. The number of hydrogen-bond acceptors (Lipinski definition) is 2. The molecule has 0 unspecified atom stereocenters. The molecule has 0 spiro atoms. The van der Waals surface area contributed by atoms with Gasteiger partial charge in [-0.15, -0.1) is 0 Å². The SMILES string of the molecule is Cc1cc(C(C)(C)C)cc(C)c1C(=O)C(C)(C)C#N. The summed E-state index contributed by atoms with van der Waals surface area (Å²) in [6.07, 6.45) is 0. The van der Waals surface area contributed by atoms with Crippen LogP contribution >= 0.6 is 0 Å². The van der Waals surface area contributed by atoms with Crippen molar-refractivity contribution in [3.8, 4) is 6.07 Å². The van der Waals surface area contributed by atoms with Crippen LogP contribution in [0.1, 0.15) is 61.7 Å². The molecule has 0 N–H and O–H groups in total. The Hall–Kier alpha value is -1.62. The van der Waals surface area contributed by atoms with E-state index in [9.17, 15) is 4.79 Å². The molecule has 0 aromatic heterocycles. The summed E-state index contributed by atoms with van der Waals surface area (Å²) in [7, 11) is 0. The van der Waals surface area contributed by atoms with Crippen LogP contribution in [0.3, 0.4) is 0 Å². The number of ketones is 1. The predicted octanol–water partition coefficient (Wildman–Crippen LogP) is 4.33. The summed E-state index contributed by atoms with van der Waals surface area (Å²) in [5.74, 6) is -0.0922. The number of Topliss-reactive ketones (excluding diaryl/α,β-unsaturated/α-hetero) is 1. The molecule has 0 amide bonds. The van der Waals surface area contributed by atoms with E-state index in [0.29, 0.717) is 5.56 Å². The van der Waals surface area contributed by atoms with E-state index in [4.69, 9.17) is 5.26 Å². The highest BCUT2D eigenvalue weighted by molar-refractivity contribution is 6.04. The van der Waals surface area contributed by atoms with Gasteiger partial charge in [0.15, 0.2) is 5.78 Å². The zero-order valence-corrected chi connectivity index (χ0v) is 13.0. The number of carbonyl (C=O) groups excluding carboxylic acids is 1. The molecule has 0 aliphatic heterocycles. The van der Waals surface area contributed by atoms with Gasteiger partial charge in [-0.1, -0.05) is 32.9 Å². The van der Waals surface area contributed by atoms with Gasteiger partial charge in [-0.25, -0.2) is 0 Å². The first-order valence-electron chi connectivity index (χ1n) is 6.58. The Bertz CT molecular complexity index is 531. The fourth-order valence-electron chi connectivity index (χ4n) is 2.12. The summed E-state index contributed by atoms with van der Waals surface area (Å²) in [5.41, 5.74) is 2.91. The summed E-state index contributed by atoms with van der Waals surface area (Å²) >= 11 is 0. The molecule has 0 radical (unpaired) electrons. The van der Waals surface area contributed by atoms with Crippen molar-refractivity contribution in [1.29, 1.82) is 5.26 Å². The summed E-state index contributed by atoms with van der Waals surface area (Å²) in [6.45, 7) is 13.7. The van der Waals surface area contributed by atoms with E-state index < -0.39 is 5.41 Å². The Morgan fingerprint density at radius 3 is 1.79 bits per heavy atom. The molecule has 0 atom stereocenters. The van der Waals surface area contributed by atoms with E-state index in [2.05, 4.69) is 39.0 Å². The molecule has 1 aromatic rings. The maximum atomic E-state index is 12.5. The second kappa shape index (κ2) is 4.81. The molecule has 0 aliphatic carbocycles. The van der Waals surface area contributed by atoms with E-state index in [-0.39, 0.29) is 11.2 Å². The normalized spacial score (nSPS) is 12.1. The van der Waals surface area contributed by atoms with Gasteiger partial charge in [-0.3, -0.25) is 4.79 Å². The third-order valence-corrected chi connectivity index (χ3v) is 3.47. The maximum Gasteiger partial charge on any atom is 0.183 e. The topological polar surface area (TPSA) is 40.9 Å². The van der Waals surface area contributed by atoms with Gasteiger partial charge in [0, 0.05) is 5.56 Å². The smallest absolute Gasteiger partial charge is 0.183 e. The highest BCUT2D eigenvalue weighted by atomic mass is 16.1. The van der Waals surface area contributed by atoms with E-state index >= 15 is 0 Å². The fourth-order valence-corrected chi connectivity index (χ4v) is 2.12. The van der Waals surface area contributed by atoms with Crippen LogP contribution < -0.4 is 0 Å². The van der Waals surface area contributed by atoms with E-state index in [1.807, 2.05) is 13.8 Å². The molecule has 0 fully saturated rings. The quantitative estimate of drug-likeness (QED) is 0.740. The number of nitrogens with zero attached hydrogens (tertiary/aromatic N) is 1. The zero-order chi connectivity index (χ0) is 15.0. The number of nitriles is 1. The highest BCUT2D eigenvalue weighted by Crippen LogP contribution is 2.30. The largest absolute Gasteiger partial charge is 0.292 e. The van der Waals surface area contributed by atoms with Gasteiger partial charge in [0.05, 0.1) is 6.07 Å². The summed E-state index contributed by atoms with van der Waals surface area (Å²) in [5, 5.41) is 9.12. The van der Waals surface area contributed by atoms with Gasteiger partial charge in [0.1, 0.15) is 5.41 Å². The first-order valence-corrected chi connectivity index (χ1v) is 6.58. The van der Waals surface area contributed by atoms with Gasteiger partial charge in [-0.05, 0) is 49.8 Å². The predicted molar refractivity (Wildman–Crippen MR) is 78.3 cm³/mol. The Balaban J connectivity index is 3.43. The molecular formula is C17H23NO. The van der Waals surface area contributed by atoms with Crippen molar-refractivity contribution in [2.45, 2.75) is 53.9 Å². The second-order valence-electron chi connectivity index (χ2n) is 6.80. The van der Waals surface area contributed by atoms with Crippen LogP contribution in [0.4, 0.5) is 0 Å². The molecule has 1 rings (SSSR count). The molecule has 0 heterocycles. The van der Waals surface area contributed by atoms with Crippen LogP contribution in [-0.4, -0.2) is 5.78 Å². The van der Waals surface area contributed by atoms with Gasteiger partial charge in [0.25, 0.3) is 0 Å². The highest BCUT2D eigenvalue weighted by Gasteiger charge is 2.31. The van der Waals surface area contributed by atoms with Crippen LogP contribution in [0.2, 0.25) is 0 Å². The number of carbonyl (C=O) groups is 1. The van der Waals surface area contributed by atoms with Crippen LogP contribution in [0.25, 0.3) is 0 Å². The van der Waals surface area contributed by atoms with Gasteiger partial charge in [0.2, 0.25) is 0 Å². The molecular weight excluding hydrogens is 234 g/mol. The standard InChI is InChI=1S/C17H23NO/c1-11-8-13(16(3,4)5)9-12(2)14(11)15(19)17(6,7)10-18/h8-9H,1-7H3. The lowest BCUT2D eigenvalue weighted by molar-refractivity contribution is 0.0890. The first kappa shape index (κ1) is 15.4. The van der Waals surface area contributed by atoms with Gasteiger partial charge < -0.3 is 0 Å². The summed E-state index contributed by atoms with van der Waals surface area (Å²) in [4.78, 5) is 12.5. The average molecular weight is 257 g/mol. The van der Waals surface area contributed by atoms with Crippen molar-refractivity contribution in [3.05, 3.63) is 34.4 Å². The van der Waals surface area contributed by atoms with Crippen LogP contribution in [0.5, 0.6) is 0 Å².